The Hall–Kier alpha value is -3.62. The molecule has 2 unspecified atom stereocenters. The molecular formula is C40H70N6O12S2. The van der Waals surface area contributed by atoms with E-state index in [1.54, 1.807) is 18.7 Å². The Morgan fingerprint density at radius 3 is 1.82 bits per heavy atom. The molecule has 2 atom stereocenters. The zero-order chi connectivity index (χ0) is 45.2. The third-order valence-electron chi connectivity index (χ3n) is 9.85. The molecule has 7 N–H and O–H groups in total. The third kappa shape index (κ3) is 23.4. The minimum absolute atomic E-state index is 0.0247. The van der Waals surface area contributed by atoms with Crippen molar-refractivity contribution in [1.29, 1.82) is 0 Å². The fourth-order valence-corrected chi connectivity index (χ4v) is 6.91. The Kier molecular flexibility index (Phi) is 26.1. The maximum atomic E-state index is 13.1. The van der Waals surface area contributed by atoms with Crippen LogP contribution < -0.4 is 26.6 Å². The number of carbonyl (C=O) groups is 8. The first kappa shape index (κ1) is 54.4. The number of nitrogens with zero attached hydrogens (tertiary/aromatic N) is 1. The lowest BCUT2D eigenvalue weighted by atomic mass is 9.86. The van der Waals surface area contributed by atoms with E-state index in [0.717, 1.165) is 11.5 Å². The molecule has 0 spiro atoms. The molecule has 0 aromatic heterocycles. The van der Waals surface area contributed by atoms with Crippen LogP contribution in [-0.2, 0) is 47.8 Å². The molecule has 0 bridgehead atoms. The van der Waals surface area contributed by atoms with Gasteiger partial charge in [-0.05, 0) is 63.4 Å². The number of hydrogen-bond acceptors (Lipinski definition) is 12. The van der Waals surface area contributed by atoms with E-state index in [9.17, 15) is 43.5 Å². The number of aliphatic carboxylic acids is 2. The van der Waals surface area contributed by atoms with Crippen LogP contribution in [0.2, 0.25) is 0 Å². The van der Waals surface area contributed by atoms with E-state index in [0.29, 0.717) is 43.9 Å². The van der Waals surface area contributed by atoms with E-state index >= 15 is 0 Å². The molecule has 18 nitrogen and oxygen atoms in total. The second-order valence-corrected chi connectivity index (χ2v) is 18.5. The van der Waals surface area contributed by atoms with Crippen LogP contribution in [0.25, 0.3) is 0 Å². The van der Waals surface area contributed by atoms with Crippen LogP contribution >= 0.6 is 23.5 Å². The lowest BCUT2D eigenvalue weighted by Gasteiger charge is -2.27. The molecule has 20 heteroatoms. The summed E-state index contributed by atoms with van der Waals surface area (Å²) in [5, 5.41) is 32.7. The van der Waals surface area contributed by atoms with Crippen molar-refractivity contribution in [3.8, 4) is 0 Å². The maximum absolute atomic E-state index is 13.1. The topological polar surface area (TPSA) is 259 Å². The average Bonchev–Trinajstić information content (AvgIpc) is 3.89. The lowest BCUT2D eigenvalue weighted by Crippen LogP contribution is -2.50. The zero-order valence-corrected chi connectivity index (χ0v) is 38.0. The number of carboxylic acids is 2. The summed E-state index contributed by atoms with van der Waals surface area (Å²) in [5.74, 6) is -1.62. The number of carbonyl (C=O) groups excluding carboxylic acids is 6. The van der Waals surface area contributed by atoms with Crippen molar-refractivity contribution in [2.75, 3.05) is 82.2 Å². The van der Waals surface area contributed by atoms with Crippen LogP contribution in [0.15, 0.2) is 0 Å². The summed E-state index contributed by atoms with van der Waals surface area (Å²) in [5.41, 5.74) is -3.02. The summed E-state index contributed by atoms with van der Waals surface area (Å²) in [6.07, 6.45) is 1.74. The standard InChI is InChI=1S/C40H70N6O12S2/c1-7-59-27-32(49)42-18-20-46(21-19-43-33(50)28-60-8-2)34(51)12-11-31(48)44-39(5,6)16-23-58-25-24-57-22-14-30(47)41-17-9-10-29-26-40(29,37(55)56)45-36(54)38(3,4)15-13-35(52)53/h29H,7-28H2,1-6H3,(H,41,47)(H,42,49)(H,43,50)(H,44,48)(H,45,54)(H,52,53)(H,55,56). The predicted octanol–water partition coefficient (Wildman–Crippen LogP) is 1.79. The number of amides is 6. The summed E-state index contributed by atoms with van der Waals surface area (Å²) >= 11 is 3.00. The number of ether oxygens (including phenoxy) is 2. The predicted molar refractivity (Wildman–Crippen MR) is 230 cm³/mol. The molecule has 0 saturated heterocycles. The monoisotopic (exact) mass is 890 g/mol. The summed E-state index contributed by atoms with van der Waals surface area (Å²) < 4.78 is 11.2. The van der Waals surface area contributed by atoms with Gasteiger partial charge in [-0.2, -0.15) is 23.5 Å². The van der Waals surface area contributed by atoms with Crippen molar-refractivity contribution in [3.63, 3.8) is 0 Å². The quantitative estimate of drug-likeness (QED) is 0.0448. The normalized spacial score (nSPS) is 16.0. The Morgan fingerprint density at radius 2 is 1.27 bits per heavy atom. The highest BCUT2D eigenvalue weighted by Gasteiger charge is 2.61. The van der Waals surface area contributed by atoms with Gasteiger partial charge < -0.3 is 51.2 Å². The number of nitrogens with one attached hydrogen (secondary N) is 5. The van der Waals surface area contributed by atoms with Gasteiger partial charge in [-0.1, -0.05) is 27.7 Å². The first-order valence-electron chi connectivity index (χ1n) is 20.8. The van der Waals surface area contributed by atoms with E-state index in [-0.39, 0.29) is 120 Å². The molecule has 6 amide bonds. The zero-order valence-electron chi connectivity index (χ0n) is 36.4. The maximum Gasteiger partial charge on any atom is 0.329 e. The van der Waals surface area contributed by atoms with Crippen molar-refractivity contribution >= 4 is 70.9 Å². The minimum Gasteiger partial charge on any atom is -0.481 e. The van der Waals surface area contributed by atoms with E-state index in [1.165, 1.54) is 23.5 Å². The minimum atomic E-state index is -1.38. The molecule has 0 heterocycles. The van der Waals surface area contributed by atoms with E-state index in [4.69, 9.17) is 14.6 Å². The van der Waals surface area contributed by atoms with Crippen LogP contribution in [0.3, 0.4) is 0 Å². The number of carboxylic acid groups (broad SMARTS) is 2. The van der Waals surface area contributed by atoms with Crippen LogP contribution in [0.1, 0.15) is 99.3 Å². The van der Waals surface area contributed by atoms with Gasteiger partial charge in [0.05, 0.1) is 31.3 Å². The second kappa shape index (κ2) is 28.8. The molecular weight excluding hydrogens is 821 g/mol. The van der Waals surface area contributed by atoms with E-state index in [1.807, 2.05) is 27.7 Å². The number of hydrogen-bond donors (Lipinski definition) is 7. The van der Waals surface area contributed by atoms with Crippen molar-refractivity contribution in [2.24, 2.45) is 11.3 Å². The van der Waals surface area contributed by atoms with Gasteiger partial charge in [0.15, 0.2) is 0 Å². The molecule has 1 fully saturated rings. The Bertz CT molecular complexity index is 1390. The summed E-state index contributed by atoms with van der Waals surface area (Å²) in [6, 6.07) is 0. The van der Waals surface area contributed by atoms with Crippen LogP contribution in [0, 0.1) is 11.3 Å². The van der Waals surface area contributed by atoms with Gasteiger partial charge in [-0.25, -0.2) is 4.79 Å². The van der Waals surface area contributed by atoms with Gasteiger partial charge in [0.1, 0.15) is 5.54 Å². The second-order valence-electron chi connectivity index (χ2n) is 15.9. The van der Waals surface area contributed by atoms with Gasteiger partial charge in [-0.3, -0.25) is 33.6 Å². The average molecular weight is 891 g/mol. The van der Waals surface area contributed by atoms with Crippen molar-refractivity contribution < 1.29 is 58.0 Å². The fraction of sp³-hybridized carbons (Fsp3) is 0.800. The molecule has 344 valence electrons. The van der Waals surface area contributed by atoms with Crippen LogP contribution in [-0.4, -0.2) is 156 Å². The largest absolute Gasteiger partial charge is 0.481 e. The summed E-state index contributed by atoms with van der Waals surface area (Å²) in [6.45, 7) is 13.3. The molecule has 0 aromatic rings. The first-order valence-corrected chi connectivity index (χ1v) is 23.1. The van der Waals surface area contributed by atoms with Gasteiger partial charge >= 0.3 is 11.9 Å². The van der Waals surface area contributed by atoms with Crippen LogP contribution in [0.4, 0.5) is 0 Å². The molecule has 1 aliphatic carbocycles. The van der Waals surface area contributed by atoms with Crippen molar-refractivity contribution in [1.82, 2.24) is 31.5 Å². The van der Waals surface area contributed by atoms with Gasteiger partial charge in [0.25, 0.3) is 0 Å². The molecule has 1 aliphatic rings. The highest BCUT2D eigenvalue weighted by molar-refractivity contribution is 8.00. The van der Waals surface area contributed by atoms with E-state index in [2.05, 4.69) is 26.6 Å². The van der Waals surface area contributed by atoms with Gasteiger partial charge in [0.2, 0.25) is 35.4 Å². The highest BCUT2D eigenvalue weighted by atomic mass is 32.2. The Morgan fingerprint density at radius 1 is 0.700 bits per heavy atom. The molecule has 1 saturated carbocycles. The molecule has 60 heavy (non-hydrogen) atoms. The van der Waals surface area contributed by atoms with Crippen LogP contribution in [0.5, 0.6) is 0 Å². The van der Waals surface area contributed by atoms with Crippen molar-refractivity contribution in [3.05, 3.63) is 0 Å². The summed E-state index contributed by atoms with van der Waals surface area (Å²) in [7, 11) is 0. The van der Waals surface area contributed by atoms with Gasteiger partial charge in [0, 0.05) is 76.0 Å². The molecule has 1 rings (SSSR count). The Labute approximate surface area is 363 Å². The number of rotatable bonds is 35. The van der Waals surface area contributed by atoms with Crippen molar-refractivity contribution in [2.45, 2.75) is 110 Å². The lowest BCUT2D eigenvalue weighted by molar-refractivity contribution is -0.146. The first-order chi connectivity index (χ1) is 28.3. The number of thioether (sulfide) groups is 2. The SMILES string of the molecule is CCSCC(=O)NCCN(CCNC(=O)CSCC)C(=O)CCC(=O)NC(C)(C)CCOCCOCCC(=O)NCCCC1CC1(NC(=O)C(C)(C)CCC(=O)O)C(=O)O. The Balaban J connectivity index is 2.29. The molecule has 0 aromatic carbocycles. The molecule has 0 radical (unpaired) electrons. The van der Waals surface area contributed by atoms with E-state index < -0.39 is 34.3 Å². The molecule has 0 aliphatic heterocycles. The summed E-state index contributed by atoms with van der Waals surface area (Å²) in [4.78, 5) is 99.3. The smallest absolute Gasteiger partial charge is 0.329 e. The highest BCUT2D eigenvalue weighted by Crippen LogP contribution is 2.47. The van der Waals surface area contributed by atoms with Gasteiger partial charge in [-0.15, -0.1) is 0 Å². The fourth-order valence-electron chi connectivity index (χ4n) is 5.92. The third-order valence-corrected chi connectivity index (χ3v) is 11.6.